The third kappa shape index (κ3) is 3.79. The van der Waals surface area contributed by atoms with Gasteiger partial charge in [-0.1, -0.05) is 24.6 Å². The summed E-state index contributed by atoms with van der Waals surface area (Å²) in [5.41, 5.74) is 2.08. The SMILES string of the molecule is Cn1nc(CC(=O)Nc2ccc(-c3nnc4n3CCCCC4)cc2)c2ccccc2c1=O. The lowest BCUT2D eigenvalue weighted by Gasteiger charge is -2.10. The number of aryl methyl sites for hydroxylation is 2. The van der Waals surface area contributed by atoms with Gasteiger partial charge < -0.3 is 9.88 Å². The molecule has 5 rings (SSSR count). The maximum absolute atomic E-state index is 12.7. The molecule has 1 aliphatic heterocycles. The number of nitrogens with zero attached hydrogens (tertiary/aromatic N) is 5. The lowest BCUT2D eigenvalue weighted by molar-refractivity contribution is -0.115. The molecule has 0 unspecified atom stereocenters. The van der Waals surface area contributed by atoms with Crippen molar-refractivity contribution in [1.29, 1.82) is 0 Å². The van der Waals surface area contributed by atoms with Gasteiger partial charge in [0, 0.05) is 36.7 Å². The van der Waals surface area contributed by atoms with Crippen molar-refractivity contribution in [3.05, 3.63) is 70.4 Å². The normalized spacial score (nSPS) is 13.5. The summed E-state index contributed by atoms with van der Waals surface area (Å²) in [5, 5.41) is 17.2. The molecule has 0 fully saturated rings. The number of anilines is 1. The zero-order valence-electron chi connectivity index (χ0n) is 17.9. The van der Waals surface area contributed by atoms with Gasteiger partial charge in [0.15, 0.2) is 5.82 Å². The van der Waals surface area contributed by atoms with Crippen LogP contribution in [0.2, 0.25) is 0 Å². The molecular weight excluding hydrogens is 404 g/mol. The molecule has 162 valence electrons. The van der Waals surface area contributed by atoms with Crippen LogP contribution in [0.15, 0.2) is 53.3 Å². The van der Waals surface area contributed by atoms with Crippen LogP contribution >= 0.6 is 0 Å². The maximum Gasteiger partial charge on any atom is 0.274 e. The molecule has 2 aromatic carbocycles. The van der Waals surface area contributed by atoms with Gasteiger partial charge in [-0.25, -0.2) is 4.68 Å². The second kappa shape index (κ2) is 8.37. The molecule has 1 N–H and O–H groups in total. The van der Waals surface area contributed by atoms with E-state index in [-0.39, 0.29) is 17.9 Å². The largest absolute Gasteiger partial charge is 0.326 e. The molecule has 0 saturated heterocycles. The van der Waals surface area contributed by atoms with Gasteiger partial charge in [-0.05, 0) is 43.2 Å². The van der Waals surface area contributed by atoms with E-state index >= 15 is 0 Å². The van der Waals surface area contributed by atoms with Crippen LogP contribution in [-0.2, 0) is 31.2 Å². The second-order valence-electron chi connectivity index (χ2n) is 8.13. The first kappa shape index (κ1) is 20.1. The standard InChI is InChI=1S/C24H24N6O2/c1-29-24(32)19-8-5-4-7-18(19)20(28-29)15-22(31)25-17-12-10-16(11-13-17)23-27-26-21-9-3-2-6-14-30(21)23/h4-5,7-8,10-13H,2-3,6,9,14-15H2,1H3,(H,25,31). The molecule has 0 aliphatic carbocycles. The molecule has 32 heavy (non-hydrogen) atoms. The van der Waals surface area contributed by atoms with E-state index in [0.717, 1.165) is 43.0 Å². The van der Waals surface area contributed by atoms with Crippen LogP contribution in [0.25, 0.3) is 22.2 Å². The van der Waals surface area contributed by atoms with Crippen LogP contribution in [0.3, 0.4) is 0 Å². The van der Waals surface area contributed by atoms with E-state index < -0.39 is 0 Å². The third-order valence-corrected chi connectivity index (χ3v) is 5.90. The zero-order chi connectivity index (χ0) is 22.1. The van der Waals surface area contributed by atoms with Crippen LogP contribution in [0.1, 0.15) is 30.8 Å². The summed E-state index contributed by atoms with van der Waals surface area (Å²) in [7, 11) is 1.60. The smallest absolute Gasteiger partial charge is 0.274 e. The van der Waals surface area contributed by atoms with Gasteiger partial charge in [-0.15, -0.1) is 10.2 Å². The van der Waals surface area contributed by atoms with E-state index in [1.54, 1.807) is 13.1 Å². The Bertz CT molecular complexity index is 1350. The highest BCUT2D eigenvalue weighted by molar-refractivity contribution is 5.95. The number of nitrogens with one attached hydrogen (secondary N) is 1. The number of aromatic nitrogens is 5. The zero-order valence-corrected chi connectivity index (χ0v) is 17.9. The van der Waals surface area contributed by atoms with Crippen molar-refractivity contribution in [1.82, 2.24) is 24.5 Å². The van der Waals surface area contributed by atoms with Crippen LogP contribution in [0.4, 0.5) is 5.69 Å². The monoisotopic (exact) mass is 428 g/mol. The average molecular weight is 428 g/mol. The van der Waals surface area contributed by atoms with Crippen molar-refractivity contribution < 1.29 is 4.79 Å². The number of benzene rings is 2. The number of hydrogen-bond acceptors (Lipinski definition) is 5. The van der Waals surface area contributed by atoms with Gasteiger partial charge in [-0.3, -0.25) is 9.59 Å². The van der Waals surface area contributed by atoms with Gasteiger partial charge in [0.25, 0.3) is 5.56 Å². The molecule has 0 atom stereocenters. The average Bonchev–Trinajstić information content (AvgIpc) is 3.05. The Morgan fingerprint density at radius 3 is 2.59 bits per heavy atom. The van der Waals surface area contributed by atoms with Crippen LogP contribution in [-0.4, -0.2) is 30.5 Å². The van der Waals surface area contributed by atoms with Crippen LogP contribution in [0, 0.1) is 0 Å². The van der Waals surface area contributed by atoms with Gasteiger partial charge in [0.05, 0.1) is 17.5 Å². The fourth-order valence-electron chi connectivity index (χ4n) is 4.26. The summed E-state index contributed by atoms with van der Waals surface area (Å²) in [6.45, 7) is 0.941. The first-order valence-electron chi connectivity index (χ1n) is 10.9. The van der Waals surface area contributed by atoms with Crippen molar-refractivity contribution >= 4 is 22.4 Å². The van der Waals surface area contributed by atoms with Crippen LogP contribution in [0.5, 0.6) is 0 Å². The first-order valence-corrected chi connectivity index (χ1v) is 10.9. The number of fused-ring (bicyclic) bond motifs is 2. The first-order chi connectivity index (χ1) is 15.6. The molecule has 1 aliphatic rings. The fraction of sp³-hybridized carbons (Fsp3) is 0.292. The Labute approximate surface area is 184 Å². The highest BCUT2D eigenvalue weighted by atomic mass is 16.1. The molecule has 0 bridgehead atoms. The van der Waals surface area contributed by atoms with Crippen molar-refractivity contribution in [2.45, 2.75) is 38.6 Å². The van der Waals surface area contributed by atoms with Crippen molar-refractivity contribution in [2.75, 3.05) is 5.32 Å². The van der Waals surface area contributed by atoms with Gasteiger partial charge >= 0.3 is 0 Å². The van der Waals surface area contributed by atoms with E-state index in [2.05, 4.69) is 25.2 Å². The quantitative estimate of drug-likeness (QED) is 0.539. The molecule has 4 aromatic rings. The molecule has 3 heterocycles. The maximum atomic E-state index is 12.7. The van der Waals surface area contributed by atoms with E-state index in [9.17, 15) is 9.59 Å². The number of carbonyl (C=O) groups excluding carboxylic acids is 1. The summed E-state index contributed by atoms with van der Waals surface area (Å²) in [4.78, 5) is 25.0. The number of rotatable bonds is 4. The minimum absolute atomic E-state index is 0.0775. The van der Waals surface area contributed by atoms with Gasteiger partial charge in [0.1, 0.15) is 5.82 Å². The summed E-state index contributed by atoms with van der Waals surface area (Å²) in [6, 6.07) is 14.9. The predicted octanol–water partition coefficient (Wildman–Crippen LogP) is 3.10. The fourth-order valence-corrected chi connectivity index (χ4v) is 4.26. The van der Waals surface area contributed by atoms with E-state index in [0.29, 0.717) is 22.2 Å². The predicted molar refractivity (Wildman–Crippen MR) is 122 cm³/mol. The topological polar surface area (TPSA) is 94.7 Å². The molecule has 0 radical (unpaired) electrons. The Hall–Kier alpha value is -3.81. The molecule has 8 heteroatoms. The molecule has 0 spiro atoms. The Balaban J connectivity index is 1.33. The molecule has 8 nitrogen and oxygen atoms in total. The highest BCUT2D eigenvalue weighted by Crippen LogP contribution is 2.24. The minimum atomic E-state index is -0.189. The van der Waals surface area contributed by atoms with Gasteiger partial charge in [0.2, 0.25) is 5.91 Å². The summed E-state index contributed by atoms with van der Waals surface area (Å²) >= 11 is 0. The lowest BCUT2D eigenvalue weighted by Crippen LogP contribution is -2.24. The Morgan fingerprint density at radius 1 is 1.00 bits per heavy atom. The summed E-state index contributed by atoms with van der Waals surface area (Å²) < 4.78 is 3.48. The van der Waals surface area contributed by atoms with E-state index in [4.69, 9.17) is 0 Å². The third-order valence-electron chi connectivity index (χ3n) is 5.90. The second-order valence-corrected chi connectivity index (χ2v) is 8.13. The Kier molecular flexibility index (Phi) is 5.26. The molecule has 2 aromatic heterocycles. The number of amides is 1. The van der Waals surface area contributed by atoms with Crippen LogP contribution < -0.4 is 10.9 Å². The van der Waals surface area contributed by atoms with Gasteiger partial charge in [-0.2, -0.15) is 5.10 Å². The number of carbonyl (C=O) groups is 1. The highest BCUT2D eigenvalue weighted by Gasteiger charge is 2.16. The lowest BCUT2D eigenvalue weighted by atomic mass is 10.1. The Morgan fingerprint density at radius 2 is 1.78 bits per heavy atom. The molecule has 0 saturated carbocycles. The van der Waals surface area contributed by atoms with E-state index in [1.807, 2.05) is 42.5 Å². The molecular formula is C24H24N6O2. The number of hydrogen-bond donors (Lipinski definition) is 1. The molecule has 1 amide bonds. The van der Waals surface area contributed by atoms with Crippen molar-refractivity contribution in [3.63, 3.8) is 0 Å². The summed E-state index contributed by atoms with van der Waals surface area (Å²) in [6.07, 6.45) is 4.55. The summed E-state index contributed by atoms with van der Waals surface area (Å²) in [5.74, 6) is 1.73. The van der Waals surface area contributed by atoms with E-state index in [1.165, 1.54) is 11.1 Å². The van der Waals surface area contributed by atoms with Crippen molar-refractivity contribution in [2.24, 2.45) is 7.05 Å². The van der Waals surface area contributed by atoms with Crippen molar-refractivity contribution in [3.8, 4) is 11.4 Å². The minimum Gasteiger partial charge on any atom is -0.326 e.